The van der Waals surface area contributed by atoms with Crippen LogP contribution in [0.3, 0.4) is 0 Å². The summed E-state index contributed by atoms with van der Waals surface area (Å²) in [5.41, 5.74) is 3.31. The normalized spacial score (nSPS) is 10.5. The molecule has 0 unspecified atom stereocenters. The van der Waals surface area contributed by atoms with E-state index in [2.05, 4.69) is 31.2 Å². The van der Waals surface area contributed by atoms with E-state index in [0.717, 1.165) is 17.1 Å². The minimum absolute atomic E-state index is 0. The van der Waals surface area contributed by atoms with Gasteiger partial charge in [0.25, 0.3) is 0 Å². The molecule has 2 heterocycles. The minimum Gasteiger partial charge on any atom is -0.467 e. The molecule has 2 aromatic heterocycles. The van der Waals surface area contributed by atoms with Gasteiger partial charge in [-0.25, -0.2) is 0 Å². The number of furan rings is 1. The summed E-state index contributed by atoms with van der Waals surface area (Å²) in [6, 6.07) is 4.24. The van der Waals surface area contributed by atoms with Crippen LogP contribution in [0, 0.1) is 13.8 Å². The highest BCUT2D eigenvalue weighted by atomic mass is 35.5. The molecule has 0 aliphatic heterocycles. The van der Waals surface area contributed by atoms with E-state index in [9.17, 15) is 0 Å². The van der Waals surface area contributed by atoms with Gasteiger partial charge in [0.1, 0.15) is 5.76 Å². The summed E-state index contributed by atoms with van der Waals surface area (Å²) in [5.74, 6) is 0.932. The highest BCUT2D eigenvalue weighted by Gasteiger charge is 2.13. The van der Waals surface area contributed by atoms with Gasteiger partial charge in [0.2, 0.25) is 0 Å². The second kappa shape index (κ2) is 5.96. The Morgan fingerprint density at radius 2 is 2.11 bits per heavy atom. The predicted molar refractivity (Wildman–Crippen MR) is 75.4 cm³/mol. The first-order valence-corrected chi connectivity index (χ1v) is 5.91. The van der Waals surface area contributed by atoms with E-state index in [1.54, 1.807) is 6.26 Å². The number of nitrogens with zero attached hydrogens (tertiary/aromatic N) is 2. The van der Waals surface area contributed by atoms with Crippen molar-refractivity contribution in [1.82, 2.24) is 9.78 Å². The van der Waals surface area contributed by atoms with Gasteiger partial charge in [0.15, 0.2) is 0 Å². The van der Waals surface area contributed by atoms with E-state index in [1.165, 1.54) is 5.69 Å². The molecule has 100 valence electrons. The molecule has 2 rings (SSSR count). The van der Waals surface area contributed by atoms with Crippen molar-refractivity contribution in [1.29, 1.82) is 0 Å². The summed E-state index contributed by atoms with van der Waals surface area (Å²) in [5, 5.41) is 7.91. The van der Waals surface area contributed by atoms with Gasteiger partial charge in [-0.1, -0.05) is 0 Å². The van der Waals surface area contributed by atoms with Crippen LogP contribution in [-0.2, 0) is 6.54 Å². The standard InChI is InChI=1S/C13H19N3O.ClH/c1-9(2)16-11(4)13(10(3)15-16)14-8-12-6-5-7-17-12;/h5-7,9,14H,8H2,1-4H3;1H. The number of rotatable bonds is 4. The van der Waals surface area contributed by atoms with Gasteiger partial charge in [-0.05, 0) is 39.8 Å². The van der Waals surface area contributed by atoms with Gasteiger partial charge in [-0.3, -0.25) is 4.68 Å². The SMILES string of the molecule is Cc1nn(C(C)C)c(C)c1NCc1ccco1.Cl. The average Bonchev–Trinajstić information content (AvgIpc) is 2.86. The Bertz CT molecular complexity index is 489. The average molecular weight is 270 g/mol. The highest BCUT2D eigenvalue weighted by Crippen LogP contribution is 2.22. The molecule has 0 atom stereocenters. The first-order chi connectivity index (χ1) is 8.09. The first kappa shape index (κ1) is 14.6. The van der Waals surface area contributed by atoms with Crippen molar-refractivity contribution in [2.75, 3.05) is 5.32 Å². The molecule has 2 aromatic rings. The van der Waals surface area contributed by atoms with Crippen LogP contribution >= 0.6 is 12.4 Å². The third kappa shape index (κ3) is 2.88. The molecule has 18 heavy (non-hydrogen) atoms. The number of halogens is 1. The van der Waals surface area contributed by atoms with Crippen molar-refractivity contribution in [3.8, 4) is 0 Å². The van der Waals surface area contributed by atoms with Crippen molar-refractivity contribution >= 4 is 18.1 Å². The maximum Gasteiger partial charge on any atom is 0.122 e. The molecule has 0 aliphatic carbocycles. The van der Waals surface area contributed by atoms with E-state index in [0.29, 0.717) is 12.6 Å². The Kier molecular flexibility index (Phi) is 4.84. The smallest absolute Gasteiger partial charge is 0.122 e. The van der Waals surface area contributed by atoms with Crippen LogP contribution in [0.2, 0.25) is 0 Å². The van der Waals surface area contributed by atoms with Crippen molar-refractivity contribution in [2.45, 2.75) is 40.3 Å². The van der Waals surface area contributed by atoms with Gasteiger partial charge < -0.3 is 9.73 Å². The molecule has 0 amide bonds. The van der Waals surface area contributed by atoms with Crippen LogP contribution in [0.5, 0.6) is 0 Å². The molecular formula is C13H20ClN3O. The maximum absolute atomic E-state index is 5.30. The lowest BCUT2D eigenvalue weighted by Gasteiger charge is -2.09. The zero-order valence-corrected chi connectivity index (χ0v) is 12.0. The molecule has 1 N–H and O–H groups in total. The fourth-order valence-corrected chi connectivity index (χ4v) is 2.01. The Hall–Kier alpha value is -1.42. The van der Waals surface area contributed by atoms with E-state index >= 15 is 0 Å². The third-order valence-electron chi connectivity index (χ3n) is 2.83. The third-order valence-corrected chi connectivity index (χ3v) is 2.83. The number of hydrogen-bond donors (Lipinski definition) is 1. The topological polar surface area (TPSA) is 43.0 Å². The second-order valence-electron chi connectivity index (χ2n) is 4.52. The van der Waals surface area contributed by atoms with Crippen LogP contribution < -0.4 is 5.32 Å². The lowest BCUT2D eigenvalue weighted by atomic mass is 10.3. The molecule has 0 radical (unpaired) electrons. The van der Waals surface area contributed by atoms with E-state index in [1.807, 2.05) is 23.7 Å². The minimum atomic E-state index is 0. The van der Waals surface area contributed by atoms with Crippen LogP contribution in [0.25, 0.3) is 0 Å². The fraction of sp³-hybridized carbons (Fsp3) is 0.462. The largest absolute Gasteiger partial charge is 0.467 e. The van der Waals surface area contributed by atoms with Crippen molar-refractivity contribution < 1.29 is 4.42 Å². The summed E-state index contributed by atoms with van der Waals surface area (Å²) in [6.45, 7) is 9.07. The second-order valence-corrected chi connectivity index (χ2v) is 4.52. The predicted octanol–water partition coefficient (Wildman–Crippen LogP) is 3.71. The maximum atomic E-state index is 5.30. The van der Waals surface area contributed by atoms with Crippen LogP contribution in [0.15, 0.2) is 22.8 Å². The van der Waals surface area contributed by atoms with Crippen LogP contribution in [0.4, 0.5) is 5.69 Å². The first-order valence-electron chi connectivity index (χ1n) is 5.91. The van der Waals surface area contributed by atoms with Crippen molar-refractivity contribution in [3.05, 3.63) is 35.5 Å². The molecule has 4 nitrogen and oxygen atoms in total. The molecular weight excluding hydrogens is 250 g/mol. The molecule has 5 heteroatoms. The van der Waals surface area contributed by atoms with Gasteiger partial charge in [-0.15, -0.1) is 12.4 Å². The Morgan fingerprint density at radius 3 is 2.61 bits per heavy atom. The molecule has 0 aliphatic rings. The monoisotopic (exact) mass is 269 g/mol. The zero-order chi connectivity index (χ0) is 12.4. The van der Waals surface area contributed by atoms with Gasteiger partial charge in [0, 0.05) is 6.04 Å². The van der Waals surface area contributed by atoms with Crippen molar-refractivity contribution in [3.63, 3.8) is 0 Å². The van der Waals surface area contributed by atoms with Crippen LogP contribution in [-0.4, -0.2) is 9.78 Å². The van der Waals surface area contributed by atoms with E-state index in [-0.39, 0.29) is 12.4 Å². The summed E-state index contributed by atoms with van der Waals surface area (Å²) in [6.07, 6.45) is 1.69. The number of aryl methyl sites for hydroxylation is 1. The Morgan fingerprint density at radius 1 is 1.39 bits per heavy atom. The van der Waals surface area contributed by atoms with Gasteiger partial charge in [0.05, 0.1) is 29.9 Å². The molecule has 0 spiro atoms. The quantitative estimate of drug-likeness (QED) is 0.920. The van der Waals surface area contributed by atoms with E-state index < -0.39 is 0 Å². The zero-order valence-electron chi connectivity index (χ0n) is 11.2. The molecule has 0 aromatic carbocycles. The number of anilines is 1. The Labute approximate surface area is 114 Å². The van der Waals surface area contributed by atoms with E-state index in [4.69, 9.17) is 4.42 Å². The number of aromatic nitrogens is 2. The molecule has 0 saturated carbocycles. The van der Waals surface area contributed by atoms with Gasteiger partial charge >= 0.3 is 0 Å². The molecule has 0 bridgehead atoms. The fourth-order valence-electron chi connectivity index (χ4n) is 2.01. The van der Waals surface area contributed by atoms with Crippen molar-refractivity contribution in [2.24, 2.45) is 0 Å². The summed E-state index contributed by atoms with van der Waals surface area (Å²) < 4.78 is 7.34. The number of hydrogen-bond acceptors (Lipinski definition) is 3. The van der Waals surface area contributed by atoms with Crippen LogP contribution in [0.1, 0.15) is 37.0 Å². The van der Waals surface area contributed by atoms with Gasteiger partial charge in [-0.2, -0.15) is 5.10 Å². The Balaban J connectivity index is 0.00000162. The number of nitrogens with one attached hydrogen (secondary N) is 1. The molecule has 0 saturated heterocycles. The molecule has 0 fully saturated rings. The summed E-state index contributed by atoms with van der Waals surface area (Å²) in [4.78, 5) is 0. The summed E-state index contributed by atoms with van der Waals surface area (Å²) in [7, 11) is 0. The highest BCUT2D eigenvalue weighted by molar-refractivity contribution is 5.85. The lowest BCUT2D eigenvalue weighted by Crippen LogP contribution is -2.06. The lowest BCUT2D eigenvalue weighted by molar-refractivity contribution is 0.515. The summed E-state index contributed by atoms with van der Waals surface area (Å²) >= 11 is 0.